The lowest BCUT2D eigenvalue weighted by molar-refractivity contribution is -0.121. The van der Waals surface area contributed by atoms with E-state index in [4.69, 9.17) is 33.2 Å². The second kappa shape index (κ2) is 23.7. The summed E-state index contributed by atoms with van der Waals surface area (Å²) in [4.78, 5) is 39.2. The largest absolute Gasteiger partial charge is 0.491 e. The number of unbranched alkanes of at least 4 members (excludes halogenated alkanes) is 1. The lowest BCUT2D eigenvalue weighted by Gasteiger charge is -2.16. The number of nitrogens with one attached hydrogen (secondary N) is 3. The summed E-state index contributed by atoms with van der Waals surface area (Å²) < 4.78 is 43.7. The third-order valence-electron chi connectivity index (χ3n) is 7.82. The number of rotatable bonds is 27. The number of methoxy groups -OCH3 is 1. The summed E-state index contributed by atoms with van der Waals surface area (Å²) in [5.41, 5.74) is 0.342. The fraction of sp³-hybridized carbons (Fsp3) is 0.600. The van der Waals surface area contributed by atoms with Crippen LogP contribution in [0, 0.1) is 0 Å². The van der Waals surface area contributed by atoms with Gasteiger partial charge in [-0.25, -0.2) is 14.6 Å². The maximum absolute atomic E-state index is 12.0. The first kappa shape index (κ1) is 40.1. The van der Waals surface area contributed by atoms with Crippen LogP contribution in [0.5, 0.6) is 17.4 Å². The van der Waals surface area contributed by atoms with Crippen LogP contribution >= 0.6 is 11.8 Å². The van der Waals surface area contributed by atoms with Gasteiger partial charge in [0.25, 0.3) is 0 Å². The molecular weight excluding hydrogens is 684 g/mol. The molecule has 3 amide bonds. The first-order valence-corrected chi connectivity index (χ1v) is 18.4. The molecule has 2 aliphatic heterocycles. The van der Waals surface area contributed by atoms with E-state index in [-0.39, 0.29) is 24.0 Å². The summed E-state index contributed by atoms with van der Waals surface area (Å²) in [5.74, 6) is 2.05. The van der Waals surface area contributed by atoms with Crippen molar-refractivity contribution in [2.24, 2.45) is 0 Å². The molecule has 3 atom stereocenters. The van der Waals surface area contributed by atoms with Crippen LogP contribution in [-0.4, -0.2) is 132 Å². The van der Waals surface area contributed by atoms with Crippen LogP contribution < -0.4 is 25.4 Å². The van der Waals surface area contributed by atoms with Crippen LogP contribution in [0.25, 0.3) is 0 Å². The van der Waals surface area contributed by atoms with Crippen molar-refractivity contribution in [3.8, 4) is 17.4 Å². The van der Waals surface area contributed by atoms with Crippen LogP contribution in [0.3, 0.4) is 0 Å². The van der Waals surface area contributed by atoms with Gasteiger partial charge in [0.2, 0.25) is 11.8 Å². The molecule has 0 bridgehead atoms. The maximum Gasteiger partial charge on any atom is 0.339 e. The van der Waals surface area contributed by atoms with E-state index in [0.717, 1.165) is 25.0 Å². The smallest absolute Gasteiger partial charge is 0.339 e. The van der Waals surface area contributed by atoms with Gasteiger partial charge in [-0.1, -0.05) is 12.5 Å². The zero-order valence-corrected chi connectivity index (χ0v) is 30.0. The second-order valence-corrected chi connectivity index (χ2v) is 12.9. The highest BCUT2D eigenvalue weighted by Gasteiger charge is 2.42. The average Bonchev–Trinajstić information content (AvgIpc) is 3.70. The lowest BCUT2D eigenvalue weighted by atomic mass is 10.0. The summed E-state index contributed by atoms with van der Waals surface area (Å²) in [6.45, 7) is 5.31. The summed E-state index contributed by atoms with van der Waals surface area (Å²) in [5, 5.41) is 9.27. The second-order valence-electron chi connectivity index (χ2n) is 11.6. The van der Waals surface area contributed by atoms with Gasteiger partial charge in [-0.2, -0.15) is 11.8 Å². The number of esters is 1. The molecule has 3 heterocycles. The number of hydrogen-bond acceptors (Lipinski definition) is 13. The third kappa shape index (κ3) is 15.6. The molecule has 15 nitrogen and oxygen atoms in total. The Kier molecular flexibility index (Phi) is 18.7. The minimum Gasteiger partial charge on any atom is -0.491 e. The predicted octanol–water partition coefficient (Wildman–Crippen LogP) is 2.96. The van der Waals surface area contributed by atoms with Crippen molar-refractivity contribution in [1.82, 2.24) is 20.9 Å². The first-order valence-electron chi connectivity index (χ1n) is 17.3. The highest BCUT2D eigenvalue weighted by molar-refractivity contribution is 8.00. The zero-order valence-electron chi connectivity index (χ0n) is 29.1. The van der Waals surface area contributed by atoms with Gasteiger partial charge in [0.15, 0.2) is 0 Å². The van der Waals surface area contributed by atoms with E-state index < -0.39 is 5.97 Å². The number of thioether (sulfide) groups is 1. The van der Waals surface area contributed by atoms with Gasteiger partial charge in [-0.15, -0.1) is 0 Å². The van der Waals surface area contributed by atoms with Crippen LogP contribution in [0.1, 0.15) is 36.0 Å². The molecule has 0 spiro atoms. The van der Waals surface area contributed by atoms with Crippen LogP contribution in [0.4, 0.5) is 4.79 Å². The molecule has 16 heteroatoms. The normalized spacial score (nSPS) is 17.7. The standard InChI is InChI=1S/C35H50N4O11S/c1-43-34(41)26-9-10-32(37-24-26)50-28-6-4-5-27(23-28)49-22-21-48-20-19-47-18-17-46-16-15-45-14-13-44-12-11-36-31(40)8-3-2-7-30-33-29(25-51-30)38-35(42)39-33/h4-6,9-10,23-24,29-30,33H,2-3,7-8,11-22,25H2,1H3,(H,36,40)(H2,38,39,42)/t29-,30-,33-/m0/s1. The number of hydrogen-bond donors (Lipinski definition) is 3. The quantitative estimate of drug-likeness (QED) is 0.0695. The number of amides is 3. The fourth-order valence-electron chi connectivity index (χ4n) is 5.25. The van der Waals surface area contributed by atoms with E-state index in [1.807, 2.05) is 23.9 Å². The highest BCUT2D eigenvalue weighted by atomic mass is 32.2. The van der Waals surface area contributed by atoms with Crippen LogP contribution in [0.2, 0.25) is 0 Å². The number of urea groups is 1. The number of nitrogens with zero attached hydrogens (tertiary/aromatic N) is 1. The zero-order chi connectivity index (χ0) is 35.9. The average molecular weight is 735 g/mol. The first-order chi connectivity index (χ1) is 25.0. The van der Waals surface area contributed by atoms with E-state index in [2.05, 4.69) is 25.7 Å². The Morgan fingerprint density at radius 1 is 0.843 bits per heavy atom. The van der Waals surface area contributed by atoms with Gasteiger partial charge in [-0.3, -0.25) is 4.79 Å². The number of benzene rings is 1. The van der Waals surface area contributed by atoms with Crippen molar-refractivity contribution in [3.05, 3.63) is 48.2 Å². The molecule has 0 aliphatic carbocycles. The predicted molar refractivity (Wildman–Crippen MR) is 189 cm³/mol. The van der Waals surface area contributed by atoms with Crippen molar-refractivity contribution >= 4 is 29.7 Å². The Balaban J connectivity index is 0.852. The topological polar surface area (TPSA) is 174 Å². The van der Waals surface area contributed by atoms with Crippen molar-refractivity contribution in [1.29, 1.82) is 0 Å². The molecule has 282 valence electrons. The minimum atomic E-state index is -0.461. The summed E-state index contributed by atoms with van der Waals surface area (Å²) >= 11 is 1.90. The number of ether oxygens (including phenoxy) is 8. The Labute approximate surface area is 303 Å². The van der Waals surface area contributed by atoms with E-state index in [1.54, 1.807) is 24.3 Å². The number of carbonyl (C=O) groups is 3. The van der Waals surface area contributed by atoms with E-state index in [0.29, 0.717) is 114 Å². The van der Waals surface area contributed by atoms with Crippen LogP contribution in [-0.2, 0) is 33.2 Å². The highest BCUT2D eigenvalue weighted by Crippen LogP contribution is 2.33. The Hall–Kier alpha value is -3.67. The molecule has 4 rings (SSSR count). The van der Waals surface area contributed by atoms with Gasteiger partial charge in [-0.05, 0) is 31.0 Å². The molecule has 2 aromatic rings. The summed E-state index contributed by atoms with van der Waals surface area (Å²) in [6, 6.07) is 10.7. The number of carbonyl (C=O) groups excluding carboxylic acids is 3. The van der Waals surface area contributed by atoms with E-state index in [9.17, 15) is 14.4 Å². The monoisotopic (exact) mass is 734 g/mol. The van der Waals surface area contributed by atoms with Crippen molar-refractivity contribution < 1.29 is 52.3 Å². The minimum absolute atomic E-state index is 0.0364. The van der Waals surface area contributed by atoms with Gasteiger partial charge in [0.1, 0.15) is 18.1 Å². The maximum atomic E-state index is 12.0. The Bertz CT molecular complexity index is 1320. The number of pyridine rings is 1. The lowest BCUT2D eigenvalue weighted by Crippen LogP contribution is -2.36. The van der Waals surface area contributed by atoms with Gasteiger partial charge in [0, 0.05) is 42.3 Å². The van der Waals surface area contributed by atoms with Gasteiger partial charge < -0.3 is 53.8 Å². The molecule has 1 aromatic heterocycles. The van der Waals surface area contributed by atoms with E-state index in [1.165, 1.54) is 13.3 Å². The molecule has 0 saturated carbocycles. The third-order valence-corrected chi connectivity index (χ3v) is 9.33. The summed E-state index contributed by atoms with van der Waals surface area (Å²) in [6.07, 6.45) is 4.71. The SMILES string of the molecule is COC(=O)c1ccc(Oc2cccc(OCCOCCOCCOCCOCCOCCNC(=O)CCCC[C@@H]3SC[C@@H]4NC(=O)N[C@@H]43)c2)nc1. The Morgan fingerprint density at radius 3 is 2.18 bits per heavy atom. The molecule has 2 saturated heterocycles. The van der Waals surface area contributed by atoms with E-state index >= 15 is 0 Å². The molecule has 1 aromatic carbocycles. The molecule has 2 aliphatic rings. The molecule has 2 fully saturated rings. The van der Waals surface area contributed by atoms with Crippen molar-refractivity contribution in [2.45, 2.75) is 43.0 Å². The fourth-order valence-corrected chi connectivity index (χ4v) is 6.80. The van der Waals surface area contributed by atoms with Gasteiger partial charge in [0.05, 0.1) is 90.8 Å². The summed E-state index contributed by atoms with van der Waals surface area (Å²) in [7, 11) is 1.31. The number of fused-ring (bicyclic) bond motifs is 1. The molecule has 0 unspecified atom stereocenters. The van der Waals surface area contributed by atoms with Crippen molar-refractivity contribution in [2.75, 3.05) is 92.1 Å². The molecule has 51 heavy (non-hydrogen) atoms. The molecular formula is C35H50N4O11S. The number of aromatic nitrogens is 1. The van der Waals surface area contributed by atoms with Crippen molar-refractivity contribution in [3.63, 3.8) is 0 Å². The molecule has 3 N–H and O–H groups in total. The van der Waals surface area contributed by atoms with Gasteiger partial charge >= 0.3 is 12.0 Å². The Morgan fingerprint density at radius 2 is 1.51 bits per heavy atom. The molecule has 0 radical (unpaired) electrons. The van der Waals surface area contributed by atoms with Crippen LogP contribution in [0.15, 0.2) is 42.6 Å².